The van der Waals surface area contributed by atoms with Gasteiger partial charge < -0.3 is 15.0 Å². The van der Waals surface area contributed by atoms with E-state index >= 15 is 0 Å². The van der Waals surface area contributed by atoms with E-state index in [9.17, 15) is 18.4 Å². The quantitative estimate of drug-likeness (QED) is 0.824. The molecule has 0 spiro atoms. The Balaban J connectivity index is 1.24. The van der Waals surface area contributed by atoms with E-state index in [0.29, 0.717) is 25.4 Å². The molecule has 3 aliphatic rings. The van der Waals surface area contributed by atoms with Crippen molar-refractivity contribution in [2.45, 2.75) is 44.3 Å². The fourth-order valence-corrected chi connectivity index (χ4v) is 4.02. The molecule has 7 heteroatoms. The van der Waals surface area contributed by atoms with Crippen LogP contribution in [0.2, 0.25) is 0 Å². The Bertz CT molecular complexity index is 724. The largest absolute Gasteiger partial charge is 0.372 e. The third-order valence-corrected chi connectivity index (χ3v) is 5.74. The highest BCUT2D eigenvalue weighted by Crippen LogP contribution is 2.34. The van der Waals surface area contributed by atoms with E-state index in [1.807, 2.05) is 0 Å². The third kappa shape index (κ3) is 4.29. The van der Waals surface area contributed by atoms with E-state index in [2.05, 4.69) is 5.32 Å². The summed E-state index contributed by atoms with van der Waals surface area (Å²) in [7, 11) is 0. The van der Waals surface area contributed by atoms with Crippen molar-refractivity contribution >= 4 is 11.8 Å². The second-order valence-electron chi connectivity index (χ2n) is 7.93. The lowest BCUT2D eigenvalue weighted by Gasteiger charge is -2.19. The van der Waals surface area contributed by atoms with E-state index in [4.69, 9.17) is 4.74 Å². The smallest absolute Gasteiger partial charge is 0.227 e. The van der Waals surface area contributed by atoms with Crippen LogP contribution in [0.3, 0.4) is 0 Å². The number of likely N-dealkylation sites (tertiary alicyclic amines) is 1. The number of nitrogens with zero attached hydrogens (tertiary/aromatic N) is 1. The number of carbonyl (C=O) groups excluding carboxylic acids is 2. The van der Waals surface area contributed by atoms with Gasteiger partial charge in [0.05, 0.1) is 25.0 Å². The second kappa shape index (κ2) is 7.54. The van der Waals surface area contributed by atoms with Crippen LogP contribution in [0.4, 0.5) is 8.78 Å². The van der Waals surface area contributed by atoms with Crippen molar-refractivity contribution in [2.24, 2.45) is 11.8 Å². The Morgan fingerprint density at radius 3 is 2.78 bits per heavy atom. The number of carbonyl (C=O) groups is 2. The summed E-state index contributed by atoms with van der Waals surface area (Å²) in [6.07, 6.45) is 3.18. The van der Waals surface area contributed by atoms with Gasteiger partial charge >= 0.3 is 0 Å². The molecule has 2 amide bonds. The summed E-state index contributed by atoms with van der Waals surface area (Å²) in [6.45, 7) is 1.75. The van der Waals surface area contributed by atoms with Crippen molar-refractivity contribution in [1.82, 2.24) is 10.2 Å². The van der Waals surface area contributed by atoms with E-state index < -0.39 is 11.6 Å². The van der Waals surface area contributed by atoms with E-state index in [-0.39, 0.29) is 41.9 Å². The third-order valence-electron chi connectivity index (χ3n) is 5.74. The van der Waals surface area contributed by atoms with Crippen LogP contribution in [0.15, 0.2) is 18.2 Å². The van der Waals surface area contributed by atoms with E-state index in [1.165, 1.54) is 25.0 Å². The zero-order valence-corrected chi connectivity index (χ0v) is 15.1. The fourth-order valence-electron chi connectivity index (χ4n) is 4.02. The molecule has 3 atom stereocenters. The molecular weight excluding hydrogens is 354 g/mol. The number of rotatable bonds is 6. The highest BCUT2D eigenvalue weighted by atomic mass is 19.2. The zero-order chi connectivity index (χ0) is 19.0. The second-order valence-corrected chi connectivity index (χ2v) is 7.93. The average molecular weight is 378 g/mol. The summed E-state index contributed by atoms with van der Waals surface area (Å²) in [4.78, 5) is 26.1. The normalized spacial score (nSPS) is 26.9. The van der Waals surface area contributed by atoms with Crippen LogP contribution in [-0.2, 0) is 20.7 Å². The van der Waals surface area contributed by atoms with E-state index in [0.717, 1.165) is 19.0 Å². The number of fused-ring (bicyclic) bond motifs is 1. The lowest BCUT2D eigenvalue weighted by atomic mass is 10.0. The summed E-state index contributed by atoms with van der Waals surface area (Å²) in [5, 5.41) is 2.95. The topological polar surface area (TPSA) is 58.6 Å². The lowest BCUT2D eigenvalue weighted by molar-refractivity contribution is -0.131. The Morgan fingerprint density at radius 1 is 1.22 bits per heavy atom. The average Bonchev–Trinajstić information content (AvgIpc) is 3.27. The van der Waals surface area contributed by atoms with Gasteiger partial charge in [0.2, 0.25) is 11.8 Å². The molecule has 4 rings (SSSR count). The predicted octanol–water partition coefficient (Wildman–Crippen LogP) is 2.04. The molecule has 0 bridgehead atoms. The SMILES string of the molecule is O=C(C[C@@H]1C[C@H]2CN(C(=O)Cc3cccc(F)c3F)C[C@H]2O1)NCC1CC1. The van der Waals surface area contributed by atoms with Crippen molar-refractivity contribution in [1.29, 1.82) is 0 Å². The van der Waals surface area contributed by atoms with Crippen molar-refractivity contribution in [3.05, 3.63) is 35.4 Å². The molecule has 3 fully saturated rings. The standard InChI is InChI=1S/C20H24F2N2O3/c21-16-3-1-2-13(20(16)22)7-19(26)24-10-14-6-15(27-17(14)11-24)8-18(25)23-9-12-4-5-12/h1-3,12,14-15,17H,4-11H2,(H,23,25)/t14-,15-,17+/m0/s1. The van der Waals surface area contributed by atoms with Gasteiger partial charge in [-0.05, 0) is 31.2 Å². The highest BCUT2D eigenvalue weighted by molar-refractivity contribution is 5.79. The first-order chi connectivity index (χ1) is 13.0. The van der Waals surface area contributed by atoms with Crippen molar-refractivity contribution in [3.63, 3.8) is 0 Å². The molecule has 1 aromatic carbocycles. The van der Waals surface area contributed by atoms with Gasteiger partial charge in [0.15, 0.2) is 11.6 Å². The van der Waals surface area contributed by atoms with Crippen LogP contribution in [0.1, 0.15) is 31.2 Å². The first kappa shape index (κ1) is 18.3. The van der Waals surface area contributed by atoms with Crippen molar-refractivity contribution in [2.75, 3.05) is 19.6 Å². The number of benzene rings is 1. The summed E-state index contributed by atoms with van der Waals surface area (Å²) in [5.74, 6) is -1.24. The molecule has 1 aromatic rings. The molecule has 0 aromatic heterocycles. The molecule has 1 saturated carbocycles. The van der Waals surface area contributed by atoms with E-state index in [1.54, 1.807) is 4.90 Å². The molecule has 1 N–H and O–H groups in total. The van der Waals surface area contributed by atoms with Crippen LogP contribution < -0.4 is 5.32 Å². The number of halogens is 2. The number of ether oxygens (including phenoxy) is 1. The van der Waals surface area contributed by atoms with Gasteiger partial charge in [-0.25, -0.2) is 8.78 Å². The maximum Gasteiger partial charge on any atom is 0.227 e. The Labute approximate surface area is 157 Å². The van der Waals surface area contributed by atoms with Crippen molar-refractivity contribution in [3.8, 4) is 0 Å². The van der Waals surface area contributed by atoms with Gasteiger partial charge in [-0.1, -0.05) is 12.1 Å². The number of nitrogens with one attached hydrogen (secondary N) is 1. The summed E-state index contributed by atoms with van der Waals surface area (Å²) in [6, 6.07) is 3.88. The van der Waals surface area contributed by atoms with Crippen LogP contribution in [0.5, 0.6) is 0 Å². The van der Waals surface area contributed by atoms with Crippen LogP contribution in [0.25, 0.3) is 0 Å². The number of hydrogen-bond donors (Lipinski definition) is 1. The lowest BCUT2D eigenvalue weighted by Crippen LogP contribution is -2.34. The van der Waals surface area contributed by atoms with Gasteiger partial charge in [0.1, 0.15) is 0 Å². The van der Waals surface area contributed by atoms with Gasteiger partial charge in [0, 0.05) is 31.1 Å². The first-order valence-corrected chi connectivity index (χ1v) is 9.62. The maximum atomic E-state index is 13.8. The molecule has 27 heavy (non-hydrogen) atoms. The Morgan fingerprint density at radius 2 is 2.04 bits per heavy atom. The zero-order valence-electron chi connectivity index (χ0n) is 15.1. The Kier molecular flexibility index (Phi) is 5.12. The predicted molar refractivity (Wildman–Crippen MR) is 93.8 cm³/mol. The monoisotopic (exact) mass is 378 g/mol. The molecule has 1 aliphatic carbocycles. The molecule has 2 heterocycles. The highest BCUT2D eigenvalue weighted by Gasteiger charge is 2.43. The van der Waals surface area contributed by atoms with Gasteiger partial charge in [-0.15, -0.1) is 0 Å². The molecule has 2 saturated heterocycles. The number of amides is 2. The van der Waals surface area contributed by atoms with Crippen LogP contribution in [-0.4, -0.2) is 48.6 Å². The van der Waals surface area contributed by atoms with Gasteiger partial charge in [0.25, 0.3) is 0 Å². The summed E-state index contributed by atoms with van der Waals surface area (Å²) < 4.78 is 33.0. The minimum atomic E-state index is -0.959. The molecule has 146 valence electrons. The van der Waals surface area contributed by atoms with Crippen molar-refractivity contribution < 1.29 is 23.1 Å². The fraction of sp³-hybridized carbons (Fsp3) is 0.600. The summed E-state index contributed by atoms with van der Waals surface area (Å²) >= 11 is 0. The van der Waals surface area contributed by atoms with Crippen LogP contribution >= 0.6 is 0 Å². The maximum absolute atomic E-state index is 13.8. The van der Waals surface area contributed by atoms with Crippen LogP contribution in [0, 0.1) is 23.5 Å². The van der Waals surface area contributed by atoms with Gasteiger partial charge in [-0.2, -0.15) is 0 Å². The molecule has 5 nitrogen and oxygen atoms in total. The summed E-state index contributed by atoms with van der Waals surface area (Å²) in [5.41, 5.74) is 0.0724. The molecule has 2 aliphatic heterocycles. The van der Waals surface area contributed by atoms with Gasteiger partial charge in [-0.3, -0.25) is 9.59 Å². The first-order valence-electron chi connectivity index (χ1n) is 9.62. The molecular formula is C20H24F2N2O3. The minimum absolute atomic E-state index is 0.0291. The Hall–Kier alpha value is -2.02. The molecule has 0 radical (unpaired) electrons. The minimum Gasteiger partial charge on any atom is -0.372 e. The molecule has 0 unspecified atom stereocenters. The number of hydrogen-bond acceptors (Lipinski definition) is 3.